The van der Waals surface area contributed by atoms with Crippen LogP contribution in [0.1, 0.15) is 19.3 Å². The van der Waals surface area contributed by atoms with Crippen molar-refractivity contribution in [2.75, 3.05) is 32.9 Å². The Bertz CT molecular complexity index is 128. The number of hydrogen-bond donors (Lipinski definition) is 1. The molecule has 1 heterocycles. The number of rotatable bonds is 6. The molecule has 2 fully saturated rings. The summed E-state index contributed by atoms with van der Waals surface area (Å²) in [5.41, 5.74) is 0. The molecule has 1 aliphatic carbocycles. The van der Waals surface area contributed by atoms with Crippen LogP contribution in [-0.2, 0) is 9.47 Å². The molecule has 1 aliphatic heterocycles. The maximum atomic E-state index is 5.52. The maximum Gasteiger partial charge on any atom is 0.0824 e. The molecule has 0 unspecified atom stereocenters. The summed E-state index contributed by atoms with van der Waals surface area (Å²) < 4.78 is 11.0. The minimum Gasteiger partial charge on any atom is -0.379 e. The van der Waals surface area contributed by atoms with Crippen molar-refractivity contribution in [2.45, 2.75) is 25.4 Å². The summed E-state index contributed by atoms with van der Waals surface area (Å²) in [6.45, 7) is 4.52. The molecule has 0 radical (unpaired) electrons. The largest absolute Gasteiger partial charge is 0.379 e. The van der Waals surface area contributed by atoms with Gasteiger partial charge in [0, 0.05) is 19.7 Å². The topological polar surface area (TPSA) is 30.5 Å². The first kappa shape index (κ1) is 9.44. The molecule has 0 bridgehead atoms. The summed E-state index contributed by atoms with van der Waals surface area (Å²) in [7, 11) is 0. The highest BCUT2D eigenvalue weighted by Gasteiger charge is 2.18. The molecule has 76 valence electrons. The molecule has 0 atom stereocenters. The molecule has 0 amide bonds. The third-order valence-electron chi connectivity index (χ3n) is 2.90. The van der Waals surface area contributed by atoms with Gasteiger partial charge in [0.1, 0.15) is 0 Å². The van der Waals surface area contributed by atoms with Crippen molar-refractivity contribution in [1.82, 2.24) is 5.32 Å². The second-order valence-electron chi connectivity index (χ2n) is 4.02. The number of ether oxygens (including phenoxy) is 2. The zero-order valence-corrected chi connectivity index (χ0v) is 8.13. The SMILES string of the molecule is C1CC(COCCOC2CNC2)C1. The average molecular weight is 185 g/mol. The Kier molecular flexibility index (Phi) is 3.58. The summed E-state index contributed by atoms with van der Waals surface area (Å²) in [4.78, 5) is 0. The van der Waals surface area contributed by atoms with E-state index in [0.29, 0.717) is 6.10 Å². The van der Waals surface area contributed by atoms with E-state index < -0.39 is 0 Å². The summed E-state index contributed by atoms with van der Waals surface area (Å²) in [6, 6.07) is 0. The molecule has 0 aromatic rings. The normalized spacial score (nSPS) is 24.0. The Morgan fingerprint density at radius 2 is 2.00 bits per heavy atom. The second-order valence-corrected chi connectivity index (χ2v) is 4.02. The van der Waals surface area contributed by atoms with Crippen LogP contribution in [0.3, 0.4) is 0 Å². The van der Waals surface area contributed by atoms with Crippen LogP contribution in [0.4, 0.5) is 0 Å². The van der Waals surface area contributed by atoms with E-state index in [9.17, 15) is 0 Å². The predicted molar refractivity (Wildman–Crippen MR) is 50.8 cm³/mol. The highest BCUT2D eigenvalue weighted by molar-refractivity contribution is 4.74. The van der Waals surface area contributed by atoms with E-state index in [2.05, 4.69) is 5.32 Å². The first-order chi connectivity index (χ1) is 6.45. The Morgan fingerprint density at radius 1 is 1.15 bits per heavy atom. The van der Waals surface area contributed by atoms with E-state index in [1.165, 1.54) is 19.3 Å². The fraction of sp³-hybridized carbons (Fsp3) is 1.00. The van der Waals surface area contributed by atoms with Gasteiger partial charge in [-0.25, -0.2) is 0 Å². The van der Waals surface area contributed by atoms with E-state index >= 15 is 0 Å². The van der Waals surface area contributed by atoms with E-state index in [4.69, 9.17) is 9.47 Å². The third kappa shape index (κ3) is 2.93. The van der Waals surface area contributed by atoms with Crippen molar-refractivity contribution < 1.29 is 9.47 Å². The van der Waals surface area contributed by atoms with Crippen LogP contribution < -0.4 is 5.32 Å². The van der Waals surface area contributed by atoms with Gasteiger partial charge < -0.3 is 14.8 Å². The molecule has 0 spiro atoms. The molecular weight excluding hydrogens is 166 g/mol. The van der Waals surface area contributed by atoms with Gasteiger partial charge >= 0.3 is 0 Å². The molecule has 2 rings (SSSR count). The lowest BCUT2D eigenvalue weighted by Crippen LogP contribution is -2.48. The van der Waals surface area contributed by atoms with Gasteiger partial charge in [-0.2, -0.15) is 0 Å². The van der Waals surface area contributed by atoms with Crippen molar-refractivity contribution in [3.05, 3.63) is 0 Å². The van der Waals surface area contributed by atoms with Gasteiger partial charge in [0.25, 0.3) is 0 Å². The van der Waals surface area contributed by atoms with Gasteiger partial charge in [-0.1, -0.05) is 6.42 Å². The van der Waals surface area contributed by atoms with Crippen LogP contribution in [0.15, 0.2) is 0 Å². The summed E-state index contributed by atoms with van der Waals surface area (Å²) in [5.74, 6) is 0.852. The third-order valence-corrected chi connectivity index (χ3v) is 2.90. The molecule has 3 nitrogen and oxygen atoms in total. The Balaban J connectivity index is 1.36. The lowest BCUT2D eigenvalue weighted by Gasteiger charge is -2.28. The van der Waals surface area contributed by atoms with Crippen LogP contribution in [0.25, 0.3) is 0 Å². The van der Waals surface area contributed by atoms with E-state index in [-0.39, 0.29) is 0 Å². The van der Waals surface area contributed by atoms with Crippen molar-refractivity contribution in [2.24, 2.45) is 5.92 Å². The van der Waals surface area contributed by atoms with Crippen LogP contribution in [0.5, 0.6) is 0 Å². The van der Waals surface area contributed by atoms with Crippen molar-refractivity contribution in [3.63, 3.8) is 0 Å². The molecule has 3 heteroatoms. The van der Waals surface area contributed by atoms with E-state index in [1.54, 1.807) is 0 Å². The molecule has 13 heavy (non-hydrogen) atoms. The first-order valence-electron chi connectivity index (χ1n) is 5.35. The van der Waals surface area contributed by atoms with Gasteiger partial charge in [0.2, 0.25) is 0 Å². The Morgan fingerprint density at radius 3 is 2.54 bits per heavy atom. The van der Waals surface area contributed by atoms with Gasteiger partial charge in [0.05, 0.1) is 19.3 Å². The quantitative estimate of drug-likeness (QED) is 0.621. The van der Waals surface area contributed by atoms with Crippen LogP contribution >= 0.6 is 0 Å². The zero-order chi connectivity index (χ0) is 8.93. The highest BCUT2D eigenvalue weighted by Crippen LogP contribution is 2.26. The smallest absolute Gasteiger partial charge is 0.0824 e. The van der Waals surface area contributed by atoms with Crippen LogP contribution in [0, 0.1) is 5.92 Å². The average Bonchev–Trinajstić information content (AvgIpc) is 1.96. The minimum absolute atomic E-state index is 0.451. The molecular formula is C10H19NO2. The second kappa shape index (κ2) is 4.94. The lowest BCUT2D eigenvalue weighted by molar-refractivity contribution is -0.0268. The zero-order valence-electron chi connectivity index (χ0n) is 8.13. The monoisotopic (exact) mass is 185 g/mol. The van der Waals surface area contributed by atoms with E-state index in [1.807, 2.05) is 0 Å². The molecule has 0 aromatic carbocycles. The van der Waals surface area contributed by atoms with Crippen molar-refractivity contribution in [1.29, 1.82) is 0 Å². The molecule has 2 aliphatic rings. The van der Waals surface area contributed by atoms with Gasteiger partial charge in [0.15, 0.2) is 0 Å². The van der Waals surface area contributed by atoms with Gasteiger partial charge in [-0.05, 0) is 18.8 Å². The molecule has 1 saturated heterocycles. The standard InChI is InChI=1S/C10H19NO2/c1-2-9(3-1)8-12-4-5-13-10-6-11-7-10/h9-11H,1-8H2. The number of hydrogen-bond acceptors (Lipinski definition) is 3. The molecule has 1 saturated carbocycles. The lowest BCUT2D eigenvalue weighted by atomic mass is 9.86. The first-order valence-corrected chi connectivity index (χ1v) is 5.35. The fourth-order valence-corrected chi connectivity index (χ4v) is 1.56. The fourth-order valence-electron chi connectivity index (χ4n) is 1.56. The maximum absolute atomic E-state index is 5.52. The minimum atomic E-state index is 0.451. The Labute approximate surface area is 79.8 Å². The molecule has 0 aromatic heterocycles. The van der Waals surface area contributed by atoms with Crippen molar-refractivity contribution >= 4 is 0 Å². The summed E-state index contributed by atoms with van der Waals surface area (Å²) >= 11 is 0. The van der Waals surface area contributed by atoms with Crippen LogP contribution in [0.2, 0.25) is 0 Å². The molecule has 1 N–H and O–H groups in total. The summed E-state index contributed by atoms with van der Waals surface area (Å²) in [5, 5.41) is 3.17. The van der Waals surface area contributed by atoms with Crippen LogP contribution in [-0.4, -0.2) is 39.0 Å². The number of nitrogens with one attached hydrogen (secondary N) is 1. The Hall–Kier alpha value is -0.120. The van der Waals surface area contributed by atoms with Gasteiger partial charge in [-0.3, -0.25) is 0 Å². The summed E-state index contributed by atoms with van der Waals surface area (Å²) in [6.07, 6.45) is 4.59. The van der Waals surface area contributed by atoms with Crippen molar-refractivity contribution in [3.8, 4) is 0 Å². The highest BCUT2D eigenvalue weighted by atomic mass is 16.5. The predicted octanol–water partition coefficient (Wildman–Crippen LogP) is 0.792. The van der Waals surface area contributed by atoms with Gasteiger partial charge in [-0.15, -0.1) is 0 Å². The van der Waals surface area contributed by atoms with E-state index in [0.717, 1.165) is 38.8 Å².